The van der Waals surface area contributed by atoms with Crippen LogP contribution >= 0.6 is 0 Å². The Kier molecular flexibility index (Phi) is 3.46. The molecule has 0 aliphatic heterocycles. The standard InChI is InChI=1S/C16H22N2/c1-12(14-4-6-17-7-5-14)10-18-11-16-9-13-2-3-15(16)8-13/h2-7,12-13,15-16,18H,8-11H2,1H3. The number of rotatable bonds is 5. The molecule has 2 aliphatic carbocycles. The molecule has 2 aliphatic rings. The van der Waals surface area contributed by atoms with Gasteiger partial charge in [-0.1, -0.05) is 19.1 Å². The summed E-state index contributed by atoms with van der Waals surface area (Å²) in [5.74, 6) is 3.20. The summed E-state index contributed by atoms with van der Waals surface area (Å²) in [6, 6.07) is 4.24. The van der Waals surface area contributed by atoms with Crippen molar-refractivity contribution < 1.29 is 0 Å². The minimum atomic E-state index is 0.571. The maximum atomic E-state index is 4.07. The van der Waals surface area contributed by atoms with Gasteiger partial charge >= 0.3 is 0 Å². The maximum absolute atomic E-state index is 4.07. The Morgan fingerprint density at radius 2 is 2.11 bits per heavy atom. The summed E-state index contributed by atoms with van der Waals surface area (Å²) < 4.78 is 0. The molecule has 2 bridgehead atoms. The van der Waals surface area contributed by atoms with Crippen molar-refractivity contribution in [2.75, 3.05) is 13.1 Å². The van der Waals surface area contributed by atoms with E-state index < -0.39 is 0 Å². The van der Waals surface area contributed by atoms with Crippen LogP contribution < -0.4 is 5.32 Å². The molecule has 4 atom stereocenters. The second-order valence-electron chi connectivity index (χ2n) is 5.88. The smallest absolute Gasteiger partial charge is 0.0270 e. The molecule has 3 rings (SSSR count). The minimum absolute atomic E-state index is 0.571. The highest BCUT2D eigenvalue weighted by Gasteiger charge is 2.34. The van der Waals surface area contributed by atoms with E-state index in [2.05, 4.69) is 41.5 Å². The predicted octanol–water partition coefficient (Wildman–Crippen LogP) is 2.99. The first-order valence-electron chi connectivity index (χ1n) is 7.12. The molecule has 1 saturated carbocycles. The van der Waals surface area contributed by atoms with Crippen molar-refractivity contribution in [3.05, 3.63) is 42.2 Å². The average Bonchev–Trinajstić information content (AvgIpc) is 3.02. The molecule has 0 aromatic carbocycles. The topological polar surface area (TPSA) is 24.9 Å². The summed E-state index contributed by atoms with van der Waals surface area (Å²) in [5, 5.41) is 3.66. The molecule has 0 amide bonds. The lowest BCUT2D eigenvalue weighted by Gasteiger charge is -2.20. The van der Waals surface area contributed by atoms with Crippen LogP contribution in [0.1, 0.15) is 31.2 Å². The van der Waals surface area contributed by atoms with Crippen molar-refractivity contribution in [3.8, 4) is 0 Å². The monoisotopic (exact) mass is 242 g/mol. The third-order valence-corrected chi connectivity index (χ3v) is 4.55. The van der Waals surface area contributed by atoms with Gasteiger partial charge in [0.1, 0.15) is 0 Å². The van der Waals surface area contributed by atoms with E-state index in [0.717, 1.165) is 24.3 Å². The van der Waals surface area contributed by atoms with Gasteiger partial charge in [-0.25, -0.2) is 0 Å². The number of fused-ring (bicyclic) bond motifs is 2. The molecule has 1 aromatic rings. The van der Waals surface area contributed by atoms with Gasteiger partial charge in [0.05, 0.1) is 0 Å². The molecule has 0 saturated heterocycles. The first-order valence-corrected chi connectivity index (χ1v) is 7.12. The van der Waals surface area contributed by atoms with Gasteiger partial charge in [0.25, 0.3) is 0 Å². The summed E-state index contributed by atoms with van der Waals surface area (Å²) in [6.45, 7) is 4.53. The quantitative estimate of drug-likeness (QED) is 0.803. The van der Waals surface area contributed by atoms with E-state index in [0.29, 0.717) is 5.92 Å². The number of nitrogens with zero attached hydrogens (tertiary/aromatic N) is 1. The van der Waals surface area contributed by atoms with Gasteiger partial charge in [-0.2, -0.15) is 0 Å². The van der Waals surface area contributed by atoms with Gasteiger partial charge in [0.2, 0.25) is 0 Å². The summed E-state index contributed by atoms with van der Waals surface area (Å²) in [6.07, 6.45) is 11.4. The van der Waals surface area contributed by atoms with E-state index in [4.69, 9.17) is 0 Å². The molecule has 1 N–H and O–H groups in total. The number of aromatic nitrogens is 1. The summed E-state index contributed by atoms with van der Waals surface area (Å²) in [7, 11) is 0. The highest BCUT2D eigenvalue weighted by molar-refractivity contribution is 5.15. The highest BCUT2D eigenvalue weighted by atomic mass is 14.9. The Bertz CT molecular complexity index is 412. The summed E-state index contributed by atoms with van der Waals surface area (Å²) in [5.41, 5.74) is 1.38. The van der Waals surface area contributed by atoms with Crippen LogP contribution in [0.4, 0.5) is 0 Å². The molecule has 4 unspecified atom stereocenters. The van der Waals surface area contributed by atoms with E-state index in [1.807, 2.05) is 12.4 Å². The minimum Gasteiger partial charge on any atom is -0.316 e. The number of pyridine rings is 1. The molecule has 1 heterocycles. The average molecular weight is 242 g/mol. The molecule has 1 fully saturated rings. The lowest BCUT2D eigenvalue weighted by Crippen LogP contribution is -2.28. The fourth-order valence-electron chi connectivity index (χ4n) is 3.42. The largest absolute Gasteiger partial charge is 0.316 e. The Hall–Kier alpha value is -1.15. The van der Waals surface area contributed by atoms with Crippen molar-refractivity contribution in [3.63, 3.8) is 0 Å². The zero-order valence-corrected chi connectivity index (χ0v) is 11.0. The third kappa shape index (κ3) is 2.49. The van der Waals surface area contributed by atoms with Gasteiger partial charge in [-0.15, -0.1) is 0 Å². The van der Waals surface area contributed by atoms with Crippen LogP contribution in [-0.4, -0.2) is 18.1 Å². The SMILES string of the molecule is CC(CNCC1CC2C=CC1C2)c1ccncc1. The van der Waals surface area contributed by atoms with Crippen LogP contribution in [0.2, 0.25) is 0 Å². The highest BCUT2D eigenvalue weighted by Crippen LogP contribution is 2.42. The van der Waals surface area contributed by atoms with Crippen molar-refractivity contribution in [2.45, 2.75) is 25.7 Å². The van der Waals surface area contributed by atoms with Crippen molar-refractivity contribution in [1.29, 1.82) is 0 Å². The Morgan fingerprint density at radius 3 is 2.78 bits per heavy atom. The third-order valence-electron chi connectivity index (χ3n) is 4.55. The molecular weight excluding hydrogens is 220 g/mol. The molecule has 0 spiro atoms. The van der Waals surface area contributed by atoms with Crippen LogP contribution in [0.25, 0.3) is 0 Å². The van der Waals surface area contributed by atoms with E-state index in [9.17, 15) is 0 Å². The number of allylic oxidation sites excluding steroid dienone is 2. The molecule has 96 valence electrons. The normalized spacial score (nSPS) is 30.8. The van der Waals surface area contributed by atoms with Gasteiger partial charge < -0.3 is 5.32 Å². The van der Waals surface area contributed by atoms with Crippen molar-refractivity contribution in [2.24, 2.45) is 17.8 Å². The van der Waals surface area contributed by atoms with Crippen LogP contribution in [0.5, 0.6) is 0 Å². The van der Waals surface area contributed by atoms with E-state index in [-0.39, 0.29) is 0 Å². The van der Waals surface area contributed by atoms with Crippen molar-refractivity contribution >= 4 is 0 Å². The zero-order valence-electron chi connectivity index (χ0n) is 11.0. The molecule has 0 radical (unpaired) electrons. The zero-order chi connectivity index (χ0) is 12.4. The lowest BCUT2D eigenvalue weighted by atomic mass is 9.93. The van der Waals surface area contributed by atoms with Gasteiger partial charge in [-0.05, 0) is 60.8 Å². The molecule has 2 heteroatoms. The predicted molar refractivity (Wildman–Crippen MR) is 74.4 cm³/mol. The Labute approximate surface area is 110 Å². The first kappa shape index (κ1) is 11.9. The maximum Gasteiger partial charge on any atom is 0.0270 e. The molecular formula is C16H22N2. The van der Waals surface area contributed by atoms with Crippen LogP contribution in [-0.2, 0) is 0 Å². The van der Waals surface area contributed by atoms with E-state index in [1.54, 1.807) is 0 Å². The fourth-order valence-corrected chi connectivity index (χ4v) is 3.42. The van der Waals surface area contributed by atoms with Crippen LogP contribution in [0.3, 0.4) is 0 Å². The first-order chi connectivity index (χ1) is 8.83. The van der Waals surface area contributed by atoms with Gasteiger partial charge in [0, 0.05) is 18.9 Å². The number of hydrogen-bond acceptors (Lipinski definition) is 2. The summed E-state index contributed by atoms with van der Waals surface area (Å²) in [4.78, 5) is 4.07. The summed E-state index contributed by atoms with van der Waals surface area (Å²) >= 11 is 0. The van der Waals surface area contributed by atoms with E-state index in [1.165, 1.54) is 24.9 Å². The molecule has 1 aromatic heterocycles. The number of hydrogen-bond donors (Lipinski definition) is 1. The van der Waals surface area contributed by atoms with Gasteiger partial charge in [0.15, 0.2) is 0 Å². The number of nitrogens with one attached hydrogen (secondary N) is 1. The van der Waals surface area contributed by atoms with Crippen molar-refractivity contribution in [1.82, 2.24) is 10.3 Å². The van der Waals surface area contributed by atoms with Crippen LogP contribution in [0.15, 0.2) is 36.7 Å². The van der Waals surface area contributed by atoms with Crippen LogP contribution in [0, 0.1) is 17.8 Å². The lowest BCUT2D eigenvalue weighted by molar-refractivity contribution is 0.409. The Morgan fingerprint density at radius 1 is 1.28 bits per heavy atom. The Balaban J connectivity index is 1.44. The van der Waals surface area contributed by atoms with Gasteiger partial charge in [-0.3, -0.25) is 4.98 Å². The second-order valence-corrected chi connectivity index (χ2v) is 5.88. The second kappa shape index (κ2) is 5.23. The molecule has 18 heavy (non-hydrogen) atoms. The van der Waals surface area contributed by atoms with E-state index >= 15 is 0 Å². The fraction of sp³-hybridized carbons (Fsp3) is 0.562. The molecule has 2 nitrogen and oxygen atoms in total.